The van der Waals surface area contributed by atoms with E-state index in [0.29, 0.717) is 11.5 Å². The number of carbonyl (C=O) groups excluding carboxylic acids is 1. The van der Waals surface area contributed by atoms with Gasteiger partial charge in [0.05, 0.1) is 6.61 Å². The van der Waals surface area contributed by atoms with Gasteiger partial charge in [0.2, 0.25) is 6.79 Å². The van der Waals surface area contributed by atoms with Gasteiger partial charge in [-0.1, -0.05) is 0 Å². The molecular formula is C12H12O7. The standard InChI is InChI=1S/C12H12O7/c13-11(14)2-1-5-16-12(15)19-8-3-4-9-10(6-8)18-7-17-9/h3-4,6H,1-2,5,7H2,(H,13,14). The Morgan fingerprint density at radius 3 is 2.84 bits per heavy atom. The molecule has 2 rings (SSSR count). The highest BCUT2D eigenvalue weighted by molar-refractivity contribution is 5.67. The molecule has 1 aromatic carbocycles. The van der Waals surface area contributed by atoms with E-state index in [4.69, 9.17) is 24.1 Å². The van der Waals surface area contributed by atoms with Gasteiger partial charge >= 0.3 is 12.1 Å². The summed E-state index contributed by atoms with van der Waals surface area (Å²) in [5.41, 5.74) is 0. The summed E-state index contributed by atoms with van der Waals surface area (Å²) in [4.78, 5) is 21.5. The maximum absolute atomic E-state index is 11.3. The largest absolute Gasteiger partial charge is 0.513 e. The highest BCUT2D eigenvalue weighted by Gasteiger charge is 2.15. The predicted molar refractivity (Wildman–Crippen MR) is 61.4 cm³/mol. The maximum atomic E-state index is 11.3. The molecule has 0 spiro atoms. The van der Waals surface area contributed by atoms with Gasteiger partial charge in [0.1, 0.15) is 5.75 Å². The van der Waals surface area contributed by atoms with Crippen LogP contribution in [0.3, 0.4) is 0 Å². The third kappa shape index (κ3) is 3.77. The van der Waals surface area contributed by atoms with Crippen LogP contribution < -0.4 is 14.2 Å². The van der Waals surface area contributed by atoms with Crippen molar-refractivity contribution in [3.8, 4) is 17.2 Å². The number of carboxylic acid groups (broad SMARTS) is 1. The molecule has 0 saturated carbocycles. The molecular weight excluding hydrogens is 256 g/mol. The Balaban J connectivity index is 1.77. The van der Waals surface area contributed by atoms with Gasteiger partial charge < -0.3 is 24.1 Å². The number of fused-ring (bicyclic) bond motifs is 1. The van der Waals surface area contributed by atoms with Crippen LogP contribution in [0.4, 0.5) is 4.79 Å². The summed E-state index contributed by atoms with van der Waals surface area (Å²) in [6.45, 7) is 0.133. The van der Waals surface area contributed by atoms with E-state index in [1.807, 2.05) is 0 Å². The van der Waals surface area contributed by atoms with Crippen LogP contribution in [0.1, 0.15) is 12.8 Å². The minimum absolute atomic E-state index is 0.00428. The van der Waals surface area contributed by atoms with Crippen molar-refractivity contribution >= 4 is 12.1 Å². The molecule has 19 heavy (non-hydrogen) atoms. The quantitative estimate of drug-likeness (QED) is 0.494. The first-order valence-corrected chi connectivity index (χ1v) is 5.61. The van der Waals surface area contributed by atoms with E-state index in [-0.39, 0.29) is 32.0 Å². The Morgan fingerprint density at radius 2 is 2.05 bits per heavy atom. The zero-order valence-electron chi connectivity index (χ0n) is 9.96. The molecule has 7 heteroatoms. The number of ether oxygens (including phenoxy) is 4. The van der Waals surface area contributed by atoms with Crippen LogP contribution in [0.15, 0.2) is 18.2 Å². The predicted octanol–water partition coefficient (Wildman–Crippen LogP) is 1.80. The van der Waals surface area contributed by atoms with E-state index in [9.17, 15) is 9.59 Å². The fourth-order valence-corrected chi connectivity index (χ4v) is 1.44. The smallest absolute Gasteiger partial charge is 0.481 e. The molecule has 0 radical (unpaired) electrons. The Labute approximate surface area is 108 Å². The van der Waals surface area contributed by atoms with Gasteiger partial charge in [0.15, 0.2) is 11.5 Å². The molecule has 1 N–H and O–H groups in total. The van der Waals surface area contributed by atoms with Gasteiger partial charge in [-0.25, -0.2) is 4.79 Å². The van der Waals surface area contributed by atoms with Crippen molar-refractivity contribution in [2.75, 3.05) is 13.4 Å². The zero-order chi connectivity index (χ0) is 13.7. The molecule has 0 bridgehead atoms. The van der Waals surface area contributed by atoms with Crippen LogP contribution in [0.25, 0.3) is 0 Å². The molecule has 1 heterocycles. The topological polar surface area (TPSA) is 91.3 Å². The summed E-state index contributed by atoms with van der Waals surface area (Å²) in [6.07, 6.45) is -0.702. The van der Waals surface area contributed by atoms with Gasteiger partial charge in [-0.3, -0.25) is 4.79 Å². The lowest BCUT2D eigenvalue weighted by atomic mass is 10.3. The van der Waals surface area contributed by atoms with E-state index >= 15 is 0 Å². The number of aliphatic carboxylic acids is 1. The molecule has 102 valence electrons. The Hall–Kier alpha value is -2.44. The van der Waals surface area contributed by atoms with E-state index in [1.54, 1.807) is 12.1 Å². The van der Waals surface area contributed by atoms with Gasteiger partial charge in [-0.2, -0.15) is 0 Å². The minimum atomic E-state index is -0.937. The Kier molecular flexibility index (Phi) is 4.07. The number of benzene rings is 1. The van der Waals surface area contributed by atoms with Crippen molar-refractivity contribution < 1.29 is 33.6 Å². The molecule has 0 aromatic heterocycles. The molecule has 0 amide bonds. The second-order valence-corrected chi connectivity index (χ2v) is 3.71. The summed E-state index contributed by atoms with van der Waals surface area (Å²) in [5, 5.41) is 8.41. The third-order valence-electron chi connectivity index (χ3n) is 2.30. The van der Waals surface area contributed by atoms with Crippen molar-refractivity contribution in [2.24, 2.45) is 0 Å². The van der Waals surface area contributed by atoms with Gasteiger partial charge in [0, 0.05) is 12.5 Å². The number of rotatable bonds is 5. The summed E-state index contributed by atoms with van der Waals surface area (Å²) >= 11 is 0. The highest BCUT2D eigenvalue weighted by atomic mass is 16.7. The lowest BCUT2D eigenvalue weighted by molar-refractivity contribution is -0.137. The van der Waals surface area contributed by atoms with Gasteiger partial charge in [-0.15, -0.1) is 0 Å². The minimum Gasteiger partial charge on any atom is -0.481 e. The third-order valence-corrected chi connectivity index (χ3v) is 2.30. The summed E-state index contributed by atoms with van der Waals surface area (Å²) < 4.78 is 19.9. The number of carboxylic acids is 1. The first-order valence-electron chi connectivity index (χ1n) is 5.61. The molecule has 0 unspecified atom stereocenters. The van der Waals surface area contributed by atoms with Crippen LogP contribution in [0, 0.1) is 0 Å². The maximum Gasteiger partial charge on any atom is 0.513 e. The van der Waals surface area contributed by atoms with Crippen molar-refractivity contribution in [1.29, 1.82) is 0 Å². The van der Waals surface area contributed by atoms with Crippen LogP contribution >= 0.6 is 0 Å². The van der Waals surface area contributed by atoms with E-state index in [2.05, 4.69) is 0 Å². The molecule has 0 saturated heterocycles. The van der Waals surface area contributed by atoms with E-state index in [0.717, 1.165) is 0 Å². The van der Waals surface area contributed by atoms with Gasteiger partial charge in [-0.05, 0) is 18.6 Å². The van der Waals surface area contributed by atoms with Crippen molar-refractivity contribution in [2.45, 2.75) is 12.8 Å². The first kappa shape index (κ1) is 13.0. The van der Waals surface area contributed by atoms with Crippen molar-refractivity contribution in [3.63, 3.8) is 0 Å². The van der Waals surface area contributed by atoms with Crippen LogP contribution in [0.5, 0.6) is 17.2 Å². The lowest BCUT2D eigenvalue weighted by Gasteiger charge is -2.05. The van der Waals surface area contributed by atoms with Gasteiger partial charge in [0.25, 0.3) is 0 Å². The summed E-state index contributed by atoms with van der Waals surface area (Å²) in [7, 11) is 0. The number of hydrogen-bond donors (Lipinski definition) is 1. The number of carbonyl (C=O) groups is 2. The Bertz CT molecular complexity index is 483. The van der Waals surface area contributed by atoms with Crippen LogP contribution in [-0.4, -0.2) is 30.6 Å². The molecule has 7 nitrogen and oxygen atoms in total. The fourth-order valence-electron chi connectivity index (χ4n) is 1.44. The molecule has 0 fully saturated rings. The number of hydrogen-bond acceptors (Lipinski definition) is 6. The molecule has 0 atom stereocenters. The second-order valence-electron chi connectivity index (χ2n) is 3.71. The normalized spacial score (nSPS) is 12.0. The molecule has 0 aliphatic carbocycles. The van der Waals surface area contributed by atoms with E-state index in [1.165, 1.54) is 6.07 Å². The fraction of sp³-hybridized carbons (Fsp3) is 0.333. The highest BCUT2D eigenvalue weighted by Crippen LogP contribution is 2.35. The zero-order valence-corrected chi connectivity index (χ0v) is 9.96. The SMILES string of the molecule is O=C(O)CCCOC(=O)Oc1ccc2c(c1)OCO2. The summed E-state index contributed by atoms with van der Waals surface area (Å²) in [6, 6.07) is 4.68. The molecule has 1 aromatic rings. The monoisotopic (exact) mass is 268 g/mol. The van der Waals surface area contributed by atoms with Crippen LogP contribution in [0.2, 0.25) is 0 Å². The van der Waals surface area contributed by atoms with E-state index < -0.39 is 12.1 Å². The average molecular weight is 268 g/mol. The van der Waals surface area contributed by atoms with Crippen molar-refractivity contribution in [3.05, 3.63) is 18.2 Å². The molecule has 1 aliphatic rings. The van der Waals surface area contributed by atoms with Crippen molar-refractivity contribution in [1.82, 2.24) is 0 Å². The lowest BCUT2D eigenvalue weighted by Crippen LogP contribution is -2.12. The Morgan fingerprint density at radius 1 is 1.26 bits per heavy atom. The second kappa shape index (κ2) is 5.94. The molecule has 1 aliphatic heterocycles. The first-order chi connectivity index (χ1) is 9.15. The summed E-state index contributed by atoms with van der Waals surface area (Å²) in [5.74, 6) is 0.415. The average Bonchev–Trinajstić information content (AvgIpc) is 2.82. The van der Waals surface area contributed by atoms with Crippen LogP contribution in [-0.2, 0) is 9.53 Å².